The fourth-order valence-electron chi connectivity index (χ4n) is 2.00. The van der Waals surface area contributed by atoms with Crippen molar-refractivity contribution in [3.05, 3.63) is 0 Å². The Kier molecular flexibility index (Phi) is 6.27. The summed E-state index contributed by atoms with van der Waals surface area (Å²) < 4.78 is 4.92. The van der Waals surface area contributed by atoms with E-state index in [-0.39, 0.29) is 18.2 Å². The summed E-state index contributed by atoms with van der Waals surface area (Å²) in [5.41, 5.74) is 0. The van der Waals surface area contributed by atoms with Gasteiger partial charge in [0.1, 0.15) is 0 Å². The lowest BCUT2D eigenvalue weighted by Gasteiger charge is -2.31. The minimum absolute atomic E-state index is 0.0705. The van der Waals surface area contributed by atoms with E-state index in [9.17, 15) is 14.4 Å². The first-order valence-electron chi connectivity index (χ1n) is 6.97. The van der Waals surface area contributed by atoms with Crippen molar-refractivity contribution < 1.29 is 19.1 Å². The summed E-state index contributed by atoms with van der Waals surface area (Å²) in [4.78, 5) is 36.2. The molecule has 114 valence electrons. The zero-order valence-electron chi connectivity index (χ0n) is 12.3. The van der Waals surface area contributed by atoms with Gasteiger partial charge in [-0.3, -0.25) is 9.59 Å². The van der Waals surface area contributed by atoms with Gasteiger partial charge in [0.15, 0.2) is 0 Å². The molecule has 0 aromatic carbocycles. The van der Waals surface area contributed by atoms with Gasteiger partial charge in [-0.25, -0.2) is 4.79 Å². The second kappa shape index (κ2) is 7.72. The van der Waals surface area contributed by atoms with Gasteiger partial charge in [-0.2, -0.15) is 0 Å². The van der Waals surface area contributed by atoms with Crippen molar-refractivity contribution in [2.45, 2.75) is 45.7 Å². The van der Waals surface area contributed by atoms with E-state index in [1.807, 2.05) is 0 Å². The minimum atomic E-state index is -0.618. The van der Waals surface area contributed by atoms with Crippen molar-refractivity contribution in [2.75, 3.05) is 19.7 Å². The number of nitrogens with one attached hydrogen (secondary N) is 2. The smallest absolute Gasteiger partial charge is 0.409 e. The summed E-state index contributed by atoms with van der Waals surface area (Å²) >= 11 is 0. The van der Waals surface area contributed by atoms with Gasteiger partial charge >= 0.3 is 17.9 Å². The molecule has 0 aromatic heterocycles. The second-order valence-corrected chi connectivity index (χ2v) is 5.06. The molecule has 0 aliphatic carbocycles. The molecule has 7 heteroatoms. The molecule has 2 N–H and O–H groups in total. The summed E-state index contributed by atoms with van der Waals surface area (Å²) in [5, 5.41) is 5.23. The molecule has 1 aliphatic heterocycles. The molecule has 0 bridgehead atoms. The maximum atomic E-state index is 11.6. The Morgan fingerprint density at radius 1 is 1.20 bits per heavy atom. The van der Waals surface area contributed by atoms with Crippen LogP contribution in [0.1, 0.15) is 33.6 Å². The van der Waals surface area contributed by atoms with Crippen LogP contribution in [0.15, 0.2) is 0 Å². The van der Waals surface area contributed by atoms with Crippen LogP contribution in [0.4, 0.5) is 4.79 Å². The third-order valence-corrected chi connectivity index (χ3v) is 2.98. The molecule has 1 aliphatic rings. The number of carbonyl (C=O) groups is 3. The van der Waals surface area contributed by atoms with E-state index in [1.165, 1.54) is 0 Å². The van der Waals surface area contributed by atoms with Gasteiger partial charge in [-0.1, -0.05) is 0 Å². The highest BCUT2D eigenvalue weighted by Gasteiger charge is 2.26. The predicted octanol–water partition coefficient (Wildman–Crippen LogP) is 0.248. The average Bonchev–Trinajstić information content (AvgIpc) is 2.39. The Morgan fingerprint density at radius 2 is 1.80 bits per heavy atom. The first-order valence-corrected chi connectivity index (χ1v) is 6.97. The Balaban J connectivity index is 2.33. The molecule has 20 heavy (non-hydrogen) atoms. The average molecular weight is 285 g/mol. The number of ether oxygens (including phenoxy) is 1. The summed E-state index contributed by atoms with van der Waals surface area (Å²) in [6.45, 7) is 6.75. The van der Waals surface area contributed by atoms with Crippen molar-refractivity contribution >= 4 is 17.9 Å². The first kappa shape index (κ1) is 16.3. The zero-order valence-corrected chi connectivity index (χ0v) is 12.3. The van der Waals surface area contributed by atoms with E-state index in [0.29, 0.717) is 32.5 Å². The third-order valence-electron chi connectivity index (χ3n) is 2.98. The van der Waals surface area contributed by atoms with E-state index in [0.717, 1.165) is 0 Å². The summed E-state index contributed by atoms with van der Waals surface area (Å²) in [6, 6.07) is -0.148. The Labute approximate surface area is 119 Å². The van der Waals surface area contributed by atoms with Gasteiger partial charge in [0, 0.05) is 25.2 Å². The molecule has 7 nitrogen and oxygen atoms in total. The van der Waals surface area contributed by atoms with E-state index >= 15 is 0 Å². The predicted molar refractivity (Wildman–Crippen MR) is 73.0 cm³/mol. The van der Waals surface area contributed by atoms with Gasteiger partial charge < -0.3 is 20.3 Å². The largest absolute Gasteiger partial charge is 0.450 e. The lowest BCUT2D eigenvalue weighted by Crippen LogP contribution is -2.50. The Bertz CT molecular complexity index is 363. The molecule has 0 aromatic rings. The van der Waals surface area contributed by atoms with Crippen LogP contribution in [-0.2, 0) is 14.3 Å². The maximum Gasteiger partial charge on any atom is 0.409 e. The molecule has 0 saturated carbocycles. The van der Waals surface area contributed by atoms with Crippen LogP contribution in [0, 0.1) is 0 Å². The Morgan fingerprint density at radius 3 is 2.30 bits per heavy atom. The molecule has 0 spiro atoms. The van der Waals surface area contributed by atoms with Crippen molar-refractivity contribution in [1.82, 2.24) is 15.5 Å². The van der Waals surface area contributed by atoms with Crippen molar-refractivity contribution in [3.63, 3.8) is 0 Å². The van der Waals surface area contributed by atoms with Gasteiger partial charge in [0.2, 0.25) is 0 Å². The lowest BCUT2D eigenvalue weighted by atomic mass is 10.1. The molecule has 1 saturated heterocycles. The highest BCUT2D eigenvalue weighted by molar-refractivity contribution is 6.35. The molecular formula is C13H23N3O4. The molecule has 1 heterocycles. The molecular weight excluding hydrogens is 262 g/mol. The molecule has 0 radical (unpaired) electrons. The molecule has 3 amide bonds. The van der Waals surface area contributed by atoms with Gasteiger partial charge in [0.25, 0.3) is 0 Å². The van der Waals surface area contributed by atoms with Crippen LogP contribution in [-0.4, -0.2) is 54.6 Å². The maximum absolute atomic E-state index is 11.6. The first-order chi connectivity index (χ1) is 9.43. The monoisotopic (exact) mass is 285 g/mol. The fourth-order valence-corrected chi connectivity index (χ4v) is 2.00. The van der Waals surface area contributed by atoms with Crippen LogP contribution in [0.2, 0.25) is 0 Å². The number of carbonyl (C=O) groups excluding carboxylic acids is 3. The van der Waals surface area contributed by atoms with E-state index in [1.54, 1.807) is 25.7 Å². The SMILES string of the molecule is CCOC(=O)N1CCC(NC(=O)C(=O)NC(C)C)CC1. The van der Waals surface area contributed by atoms with E-state index in [4.69, 9.17) is 4.74 Å². The zero-order chi connectivity index (χ0) is 15.1. The number of likely N-dealkylation sites (tertiary alicyclic amines) is 1. The topological polar surface area (TPSA) is 87.7 Å². The highest BCUT2D eigenvalue weighted by Crippen LogP contribution is 2.11. The number of hydrogen-bond acceptors (Lipinski definition) is 4. The quantitative estimate of drug-likeness (QED) is 0.728. The van der Waals surface area contributed by atoms with Crippen LogP contribution in [0.3, 0.4) is 0 Å². The third kappa shape index (κ3) is 5.07. The molecule has 0 unspecified atom stereocenters. The summed E-state index contributed by atoms with van der Waals surface area (Å²) in [7, 11) is 0. The number of nitrogens with zero attached hydrogens (tertiary/aromatic N) is 1. The number of rotatable bonds is 3. The van der Waals surface area contributed by atoms with E-state index < -0.39 is 11.8 Å². The summed E-state index contributed by atoms with van der Waals surface area (Å²) in [5.74, 6) is -1.24. The molecule has 1 fully saturated rings. The number of amides is 3. The Hall–Kier alpha value is -1.79. The summed E-state index contributed by atoms with van der Waals surface area (Å²) in [6.07, 6.45) is 0.925. The molecule has 0 atom stereocenters. The highest BCUT2D eigenvalue weighted by atomic mass is 16.6. The van der Waals surface area contributed by atoms with Crippen LogP contribution < -0.4 is 10.6 Å². The van der Waals surface area contributed by atoms with Crippen molar-refractivity contribution in [1.29, 1.82) is 0 Å². The van der Waals surface area contributed by atoms with Crippen LogP contribution in [0.25, 0.3) is 0 Å². The lowest BCUT2D eigenvalue weighted by molar-refractivity contribution is -0.140. The van der Waals surface area contributed by atoms with Crippen LogP contribution in [0.5, 0.6) is 0 Å². The molecule has 1 rings (SSSR count). The standard InChI is InChI=1S/C13H23N3O4/c1-4-20-13(19)16-7-5-10(6-8-16)15-12(18)11(17)14-9(2)3/h9-10H,4-8H2,1-3H3,(H,14,17)(H,15,18). The van der Waals surface area contributed by atoms with Crippen LogP contribution >= 0.6 is 0 Å². The van der Waals surface area contributed by atoms with E-state index in [2.05, 4.69) is 10.6 Å². The van der Waals surface area contributed by atoms with Gasteiger partial charge in [-0.05, 0) is 33.6 Å². The van der Waals surface area contributed by atoms with Crippen molar-refractivity contribution in [3.8, 4) is 0 Å². The van der Waals surface area contributed by atoms with Gasteiger partial charge in [0.05, 0.1) is 6.61 Å². The normalized spacial score (nSPS) is 15.9. The number of hydrogen-bond donors (Lipinski definition) is 2. The number of piperidine rings is 1. The van der Waals surface area contributed by atoms with Crippen molar-refractivity contribution in [2.24, 2.45) is 0 Å². The minimum Gasteiger partial charge on any atom is -0.450 e. The second-order valence-electron chi connectivity index (χ2n) is 5.06. The van der Waals surface area contributed by atoms with Gasteiger partial charge in [-0.15, -0.1) is 0 Å². The fraction of sp³-hybridized carbons (Fsp3) is 0.769.